The Kier molecular flexibility index (Phi) is 2.89. The van der Waals surface area contributed by atoms with E-state index in [9.17, 15) is 4.39 Å². The first-order valence-electron chi connectivity index (χ1n) is 4.21. The summed E-state index contributed by atoms with van der Waals surface area (Å²) in [5.74, 6) is -0.154. The van der Waals surface area contributed by atoms with Crippen LogP contribution in [0.5, 0.6) is 0 Å². The van der Waals surface area contributed by atoms with Crippen molar-refractivity contribution in [3.05, 3.63) is 46.9 Å². The molecule has 2 rings (SSSR count). The van der Waals surface area contributed by atoms with Gasteiger partial charge in [0.25, 0.3) is 0 Å². The van der Waals surface area contributed by atoms with E-state index < -0.39 is 0 Å². The van der Waals surface area contributed by atoms with Gasteiger partial charge in [-0.05, 0) is 30.5 Å². The Morgan fingerprint density at radius 3 is 2.57 bits per heavy atom. The number of rotatable bonds is 2. The van der Waals surface area contributed by atoms with E-state index >= 15 is 0 Å². The molecule has 0 amide bonds. The third-order valence-electron chi connectivity index (χ3n) is 1.94. The van der Waals surface area contributed by atoms with Gasteiger partial charge in [0.2, 0.25) is 0 Å². The Morgan fingerprint density at radius 2 is 1.93 bits per heavy atom. The number of hydrogen-bond donors (Lipinski definition) is 0. The van der Waals surface area contributed by atoms with Crippen molar-refractivity contribution in [2.45, 2.75) is 4.90 Å². The van der Waals surface area contributed by atoms with Gasteiger partial charge in [0.1, 0.15) is 16.6 Å². The average Bonchev–Trinajstić information content (AvgIpc) is 2.70. The summed E-state index contributed by atoms with van der Waals surface area (Å²) in [7, 11) is -0.0343. The molecule has 1 aromatic carbocycles. The molecule has 0 nitrogen and oxygen atoms in total. The van der Waals surface area contributed by atoms with Crippen LogP contribution in [0.4, 0.5) is 4.39 Å². The molecule has 0 N–H and O–H groups in total. The monoisotopic (exact) mass is 225 g/mol. The van der Waals surface area contributed by atoms with Crippen molar-refractivity contribution in [2.24, 2.45) is 0 Å². The second-order valence-corrected chi connectivity index (χ2v) is 5.40. The fourth-order valence-electron chi connectivity index (χ4n) is 1.29. The lowest BCUT2D eigenvalue weighted by atomic mass is 10.3. The molecule has 0 aliphatic rings. The molecule has 0 saturated carbocycles. The quantitative estimate of drug-likeness (QED) is 0.543. The van der Waals surface area contributed by atoms with E-state index in [-0.39, 0.29) is 16.3 Å². The Morgan fingerprint density at radius 1 is 1.21 bits per heavy atom. The van der Waals surface area contributed by atoms with Crippen LogP contribution in [0.15, 0.2) is 46.0 Å². The standard InChI is InChI=1S/C11H10FS2/c1-13-10-5-4-9(12)8-11(10)14-6-2-3-7-14/h2-8H,1H3/q+1. The molecule has 1 aromatic heterocycles. The fraction of sp³-hybridized carbons (Fsp3) is 0.0909. The van der Waals surface area contributed by atoms with Crippen LogP contribution in [-0.4, -0.2) is 6.26 Å². The number of thiophene rings is 1. The Balaban J connectivity index is 2.55. The molecular formula is C11H10FS2+. The minimum atomic E-state index is -0.154. The number of benzene rings is 1. The topological polar surface area (TPSA) is 0 Å². The molecule has 0 spiro atoms. The molecule has 14 heavy (non-hydrogen) atoms. The van der Waals surface area contributed by atoms with Crippen molar-refractivity contribution in [1.82, 2.24) is 0 Å². The molecule has 0 unspecified atom stereocenters. The Labute approximate surface area is 89.8 Å². The lowest BCUT2D eigenvalue weighted by molar-refractivity contribution is 0.627. The van der Waals surface area contributed by atoms with E-state index in [0.717, 1.165) is 9.79 Å². The second-order valence-electron chi connectivity index (χ2n) is 2.82. The Hall–Kier alpha value is -0.800. The van der Waals surface area contributed by atoms with Crippen LogP contribution >= 0.6 is 22.2 Å². The first-order chi connectivity index (χ1) is 6.81. The molecule has 0 atom stereocenters. The largest absolute Gasteiger partial charge is 0.207 e. The van der Waals surface area contributed by atoms with Crippen LogP contribution < -0.4 is 0 Å². The first kappa shape index (κ1) is 9.74. The smallest absolute Gasteiger partial charge is 0.194 e. The molecule has 0 aliphatic carbocycles. The summed E-state index contributed by atoms with van der Waals surface area (Å²) in [6.45, 7) is 0. The number of hydrogen-bond acceptors (Lipinski definition) is 1. The third kappa shape index (κ3) is 1.83. The third-order valence-corrected chi connectivity index (χ3v) is 4.61. The molecular weight excluding hydrogens is 215 g/mol. The highest BCUT2D eigenvalue weighted by Crippen LogP contribution is 2.37. The van der Waals surface area contributed by atoms with Crippen molar-refractivity contribution in [1.29, 1.82) is 0 Å². The summed E-state index contributed by atoms with van der Waals surface area (Å²) in [6.07, 6.45) is 2.02. The van der Waals surface area contributed by atoms with Gasteiger partial charge in [0.05, 0.1) is 4.90 Å². The van der Waals surface area contributed by atoms with Crippen LogP contribution in [0.2, 0.25) is 0 Å². The molecule has 0 aliphatic heterocycles. The zero-order valence-corrected chi connectivity index (χ0v) is 9.37. The van der Waals surface area contributed by atoms with Crippen LogP contribution in [0, 0.1) is 5.82 Å². The van der Waals surface area contributed by atoms with Gasteiger partial charge in [0, 0.05) is 16.5 Å². The van der Waals surface area contributed by atoms with E-state index in [0.29, 0.717) is 0 Å². The van der Waals surface area contributed by atoms with E-state index in [1.165, 1.54) is 6.07 Å². The molecule has 3 heteroatoms. The Bertz CT molecular complexity index is 421. The molecule has 0 saturated heterocycles. The summed E-state index contributed by atoms with van der Waals surface area (Å²) in [5, 5.41) is 4.21. The maximum Gasteiger partial charge on any atom is 0.194 e. The summed E-state index contributed by atoms with van der Waals surface area (Å²) >= 11 is 1.66. The molecule has 0 radical (unpaired) electrons. The van der Waals surface area contributed by atoms with Crippen LogP contribution in [-0.2, 0) is 0 Å². The highest BCUT2D eigenvalue weighted by Gasteiger charge is 2.13. The molecule has 2 aromatic rings. The van der Waals surface area contributed by atoms with Crippen LogP contribution in [0.3, 0.4) is 0 Å². The van der Waals surface area contributed by atoms with Gasteiger partial charge in [0.15, 0.2) is 4.90 Å². The highest BCUT2D eigenvalue weighted by molar-refractivity contribution is 7.99. The van der Waals surface area contributed by atoms with Crippen molar-refractivity contribution in [2.75, 3.05) is 6.26 Å². The lowest BCUT2D eigenvalue weighted by Crippen LogP contribution is -1.78. The van der Waals surface area contributed by atoms with Crippen molar-refractivity contribution in [3.8, 4) is 4.90 Å². The van der Waals surface area contributed by atoms with E-state index in [2.05, 4.69) is 10.8 Å². The van der Waals surface area contributed by atoms with E-state index in [1.807, 2.05) is 24.5 Å². The van der Waals surface area contributed by atoms with Crippen molar-refractivity contribution < 1.29 is 4.39 Å². The van der Waals surface area contributed by atoms with Crippen LogP contribution in [0.1, 0.15) is 0 Å². The first-order valence-corrected chi connectivity index (χ1v) is 6.79. The maximum absolute atomic E-state index is 13.1. The average molecular weight is 225 g/mol. The van der Waals surface area contributed by atoms with Crippen molar-refractivity contribution in [3.63, 3.8) is 0 Å². The predicted octanol–water partition coefficient (Wildman–Crippen LogP) is 4.29. The minimum Gasteiger partial charge on any atom is -0.207 e. The van der Waals surface area contributed by atoms with Gasteiger partial charge in [-0.25, -0.2) is 4.39 Å². The summed E-state index contributed by atoms with van der Waals surface area (Å²) in [5.41, 5.74) is 0. The normalized spacial score (nSPS) is 10.4. The maximum atomic E-state index is 13.1. The molecule has 0 fully saturated rings. The zero-order chi connectivity index (χ0) is 9.97. The predicted molar refractivity (Wildman–Crippen MR) is 62.0 cm³/mol. The summed E-state index contributed by atoms with van der Waals surface area (Å²) < 4.78 is 13.1. The highest BCUT2D eigenvalue weighted by atomic mass is 32.2. The molecule has 72 valence electrons. The van der Waals surface area contributed by atoms with Gasteiger partial charge in [-0.15, -0.1) is 11.8 Å². The second kappa shape index (κ2) is 4.15. The minimum absolute atomic E-state index is 0.0343. The lowest BCUT2D eigenvalue weighted by Gasteiger charge is -1.98. The molecule has 1 heterocycles. The van der Waals surface area contributed by atoms with Crippen molar-refractivity contribution >= 4 is 22.2 Å². The van der Waals surface area contributed by atoms with E-state index in [4.69, 9.17) is 0 Å². The van der Waals surface area contributed by atoms with Gasteiger partial charge >= 0.3 is 0 Å². The SMILES string of the molecule is CSc1ccc(F)cc1-[s+]1cccc1. The summed E-state index contributed by atoms with van der Waals surface area (Å²) in [4.78, 5) is 2.24. The van der Waals surface area contributed by atoms with Crippen LogP contribution in [0.25, 0.3) is 4.90 Å². The van der Waals surface area contributed by atoms with Gasteiger partial charge < -0.3 is 0 Å². The zero-order valence-electron chi connectivity index (χ0n) is 7.74. The molecule has 0 bridgehead atoms. The van der Waals surface area contributed by atoms with Gasteiger partial charge in [-0.2, -0.15) is 0 Å². The number of thioether (sulfide) groups is 1. The van der Waals surface area contributed by atoms with Gasteiger partial charge in [-0.3, -0.25) is 0 Å². The number of halogens is 1. The van der Waals surface area contributed by atoms with E-state index in [1.54, 1.807) is 17.8 Å². The van der Waals surface area contributed by atoms with Gasteiger partial charge in [-0.1, -0.05) is 0 Å². The fourth-order valence-corrected chi connectivity index (χ4v) is 3.74. The summed E-state index contributed by atoms with van der Waals surface area (Å²) in [6, 6.07) is 9.02.